The summed E-state index contributed by atoms with van der Waals surface area (Å²) in [4.78, 5) is 36.3. The van der Waals surface area contributed by atoms with Crippen molar-refractivity contribution >= 4 is 52.8 Å². The molecule has 1 aromatic heterocycles. The van der Waals surface area contributed by atoms with E-state index in [1.807, 2.05) is 19.1 Å². The quantitative estimate of drug-likeness (QED) is 0.349. The van der Waals surface area contributed by atoms with Gasteiger partial charge in [-0.05, 0) is 55.3 Å². The van der Waals surface area contributed by atoms with Crippen molar-refractivity contribution in [2.75, 3.05) is 5.32 Å². The largest absolute Gasteiger partial charge is 0.323 e. The fraction of sp³-hybridized carbons (Fsp3) is 0.167. The number of urea groups is 1. The summed E-state index contributed by atoms with van der Waals surface area (Å²) in [6.45, 7) is 3.88. The van der Waals surface area contributed by atoms with Crippen LogP contribution in [0.5, 0.6) is 0 Å². The molecule has 4 amide bonds. The highest BCUT2D eigenvalue weighted by atomic mass is 35.5. The highest BCUT2D eigenvalue weighted by Gasteiger charge is 2.43. The van der Waals surface area contributed by atoms with E-state index in [1.54, 1.807) is 54.1 Å². The normalized spacial score (nSPS) is 17.6. The number of hydrogen-bond acceptors (Lipinski definition) is 4. The number of imide groups is 1. The third kappa shape index (κ3) is 4.83. The lowest BCUT2D eigenvalue weighted by Gasteiger charge is -2.21. The Kier molecular flexibility index (Phi) is 6.45. The van der Waals surface area contributed by atoms with Crippen LogP contribution in [0.4, 0.5) is 10.5 Å². The third-order valence-electron chi connectivity index (χ3n) is 5.51. The number of aromatic nitrogens is 2. The third-order valence-corrected chi connectivity index (χ3v) is 6.16. The molecule has 2 aromatic carbocycles. The molecule has 174 valence electrons. The summed E-state index contributed by atoms with van der Waals surface area (Å²) in [7, 11) is 0. The van der Waals surface area contributed by atoms with Gasteiger partial charge in [-0.3, -0.25) is 14.9 Å². The summed E-state index contributed by atoms with van der Waals surface area (Å²) in [5.41, 5.74) is 2.11. The number of amides is 4. The first-order valence-electron chi connectivity index (χ1n) is 10.4. The van der Waals surface area contributed by atoms with Crippen molar-refractivity contribution < 1.29 is 14.4 Å². The van der Waals surface area contributed by atoms with Crippen LogP contribution in [-0.2, 0) is 21.7 Å². The standard InChI is InChI=1S/C24H21Cl2N5O3/c1-14-19(21(26)31(30-14)13-15-6-8-17(25)9-7-15)10-11-20(32)27-18-5-3-4-16(12-18)24(2)22(33)28-23(34)29-24/h3-12H,13H2,1-2H3,(H,27,32)(H2,28,29,33,34)/b11-10+. The number of aryl methyl sites for hydroxylation is 1. The Labute approximate surface area is 205 Å². The van der Waals surface area contributed by atoms with Gasteiger partial charge in [-0.1, -0.05) is 47.5 Å². The molecule has 4 rings (SSSR count). The Bertz CT molecular complexity index is 1320. The summed E-state index contributed by atoms with van der Waals surface area (Å²) >= 11 is 12.4. The maximum Gasteiger partial charge on any atom is 0.322 e. The van der Waals surface area contributed by atoms with Crippen LogP contribution in [0.1, 0.15) is 29.3 Å². The first-order valence-corrected chi connectivity index (χ1v) is 11.1. The van der Waals surface area contributed by atoms with Gasteiger partial charge in [0, 0.05) is 22.3 Å². The van der Waals surface area contributed by atoms with E-state index in [0.29, 0.717) is 39.2 Å². The molecular weight excluding hydrogens is 477 g/mol. The predicted molar refractivity (Wildman–Crippen MR) is 131 cm³/mol. The van der Waals surface area contributed by atoms with Gasteiger partial charge < -0.3 is 10.6 Å². The second kappa shape index (κ2) is 9.32. The van der Waals surface area contributed by atoms with Gasteiger partial charge in [0.2, 0.25) is 5.91 Å². The molecule has 0 bridgehead atoms. The molecule has 3 aromatic rings. The predicted octanol–water partition coefficient (Wildman–Crippen LogP) is 4.25. The minimum atomic E-state index is -1.21. The Morgan fingerprint density at radius 3 is 2.59 bits per heavy atom. The van der Waals surface area contributed by atoms with E-state index >= 15 is 0 Å². The molecule has 0 aliphatic carbocycles. The van der Waals surface area contributed by atoms with Crippen LogP contribution in [-0.4, -0.2) is 27.6 Å². The van der Waals surface area contributed by atoms with Crippen LogP contribution in [0.2, 0.25) is 10.2 Å². The number of anilines is 1. The Hall–Kier alpha value is -3.62. The van der Waals surface area contributed by atoms with Crippen LogP contribution in [0.25, 0.3) is 6.08 Å². The van der Waals surface area contributed by atoms with Crippen LogP contribution < -0.4 is 16.0 Å². The average Bonchev–Trinajstić information content (AvgIpc) is 3.21. The molecule has 10 heteroatoms. The molecule has 1 fully saturated rings. The molecule has 2 heterocycles. The van der Waals surface area contributed by atoms with Crippen molar-refractivity contribution in [3.63, 3.8) is 0 Å². The summed E-state index contributed by atoms with van der Waals surface area (Å²) in [6.07, 6.45) is 2.97. The molecule has 0 spiro atoms. The summed E-state index contributed by atoms with van der Waals surface area (Å²) in [5.74, 6) is -0.843. The van der Waals surface area contributed by atoms with E-state index in [0.717, 1.165) is 5.56 Å². The monoisotopic (exact) mass is 497 g/mol. The van der Waals surface area contributed by atoms with E-state index in [4.69, 9.17) is 23.2 Å². The Balaban J connectivity index is 1.47. The number of rotatable bonds is 6. The summed E-state index contributed by atoms with van der Waals surface area (Å²) in [5, 5.41) is 13.1. The zero-order valence-electron chi connectivity index (χ0n) is 18.4. The zero-order valence-corrected chi connectivity index (χ0v) is 19.9. The topological polar surface area (TPSA) is 105 Å². The number of hydrogen-bond donors (Lipinski definition) is 3. The number of halogens is 2. The van der Waals surface area contributed by atoms with Crippen molar-refractivity contribution in [2.24, 2.45) is 0 Å². The molecule has 0 radical (unpaired) electrons. The Morgan fingerprint density at radius 2 is 1.91 bits per heavy atom. The molecule has 1 aliphatic rings. The first-order chi connectivity index (χ1) is 16.2. The maximum atomic E-state index is 12.5. The molecule has 1 saturated heterocycles. The average molecular weight is 498 g/mol. The van der Waals surface area contributed by atoms with Gasteiger partial charge >= 0.3 is 6.03 Å². The first kappa shape index (κ1) is 23.5. The summed E-state index contributed by atoms with van der Waals surface area (Å²) in [6, 6.07) is 13.6. The highest BCUT2D eigenvalue weighted by molar-refractivity contribution is 6.31. The van der Waals surface area contributed by atoms with Gasteiger partial charge in [-0.2, -0.15) is 5.10 Å². The highest BCUT2D eigenvalue weighted by Crippen LogP contribution is 2.27. The van der Waals surface area contributed by atoms with Crippen molar-refractivity contribution in [1.82, 2.24) is 20.4 Å². The van der Waals surface area contributed by atoms with Crippen molar-refractivity contribution in [1.29, 1.82) is 0 Å². The van der Waals surface area contributed by atoms with Crippen LogP contribution >= 0.6 is 23.2 Å². The molecule has 8 nitrogen and oxygen atoms in total. The van der Waals surface area contributed by atoms with Gasteiger partial charge in [-0.15, -0.1) is 0 Å². The zero-order chi connectivity index (χ0) is 24.5. The molecule has 1 aliphatic heterocycles. The van der Waals surface area contributed by atoms with Crippen molar-refractivity contribution in [2.45, 2.75) is 25.9 Å². The SMILES string of the molecule is Cc1nn(Cc2ccc(Cl)cc2)c(Cl)c1/C=C/C(=O)Nc1cccc(C2(C)NC(=O)NC2=O)c1. The molecule has 0 saturated carbocycles. The lowest BCUT2D eigenvalue weighted by molar-refractivity contribution is -0.123. The fourth-order valence-corrected chi connectivity index (χ4v) is 4.04. The smallest absolute Gasteiger partial charge is 0.322 e. The second-order valence-corrected chi connectivity index (χ2v) is 8.81. The Morgan fingerprint density at radius 1 is 1.18 bits per heavy atom. The van der Waals surface area contributed by atoms with Crippen LogP contribution in [0.15, 0.2) is 54.6 Å². The van der Waals surface area contributed by atoms with Gasteiger partial charge in [0.25, 0.3) is 5.91 Å². The van der Waals surface area contributed by atoms with Crippen LogP contribution in [0, 0.1) is 6.92 Å². The molecule has 3 N–H and O–H groups in total. The number of nitrogens with zero attached hydrogens (tertiary/aromatic N) is 2. The molecule has 34 heavy (non-hydrogen) atoms. The number of nitrogens with one attached hydrogen (secondary N) is 3. The lowest BCUT2D eigenvalue weighted by atomic mass is 9.92. The van der Waals surface area contributed by atoms with E-state index < -0.39 is 17.5 Å². The van der Waals surface area contributed by atoms with E-state index in [1.165, 1.54) is 6.08 Å². The number of carbonyl (C=O) groups is 3. The second-order valence-electron chi connectivity index (χ2n) is 8.01. The maximum absolute atomic E-state index is 12.5. The van der Waals surface area contributed by atoms with Gasteiger partial charge in [0.05, 0.1) is 12.2 Å². The van der Waals surface area contributed by atoms with Gasteiger partial charge in [0.1, 0.15) is 10.7 Å². The van der Waals surface area contributed by atoms with E-state index in [9.17, 15) is 14.4 Å². The van der Waals surface area contributed by atoms with E-state index in [2.05, 4.69) is 21.0 Å². The molecule has 1 atom stereocenters. The van der Waals surface area contributed by atoms with Crippen molar-refractivity contribution in [3.05, 3.63) is 87.2 Å². The van der Waals surface area contributed by atoms with E-state index in [-0.39, 0.29) is 5.91 Å². The van der Waals surface area contributed by atoms with Crippen molar-refractivity contribution in [3.8, 4) is 0 Å². The molecule has 1 unspecified atom stereocenters. The minimum Gasteiger partial charge on any atom is -0.323 e. The fourth-order valence-electron chi connectivity index (χ4n) is 3.62. The number of carbonyl (C=O) groups excluding carboxylic acids is 3. The minimum absolute atomic E-state index is 0.386. The lowest BCUT2D eigenvalue weighted by Crippen LogP contribution is -2.40. The summed E-state index contributed by atoms with van der Waals surface area (Å²) < 4.78 is 1.66. The van der Waals surface area contributed by atoms with Gasteiger partial charge in [-0.25, -0.2) is 9.48 Å². The van der Waals surface area contributed by atoms with Gasteiger partial charge in [0.15, 0.2) is 0 Å². The molecular formula is C24H21Cl2N5O3. The number of benzene rings is 2. The van der Waals surface area contributed by atoms with Crippen LogP contribution in [0.3, 0.4) is 0 Å².